The zero-order valence-corrected chi connectivity index (χ0v) is 12.2. The molecule has 0 amide bonds. The van der Waals surface area contributed by atoms with Crippen LogP contribution >= 0.6 is 22.6 Å². The maximum absolute atomic E-state index is 13.4. The van der Waals surface area contributed by atoms with Gasteiger partial charge in [0.25, 0.3) is 5.69 Å². The summed E-state index contributed by atoms with van der Waals surface area (Å²) in [4.78, 5) is 10.3. The fraction of sp³-hybridized carbons (Fsp3) is 0.455. The lowest BCUT2D eigenvalue weighted by atomic mass is 10.2. The van der Waals surface area contributed by atoms with Crippen molar-refractivity contribution in [1.82, 2.24) is 0 Å². The van der Waals surface area contributed by atoms with Crippen molar-refractivity contribution in [2.75, 3.05) is 31.7 Å². The van der Waals surface area contributed by atoms with Crippen molar-refractivity contribution in [2.24, 2.45) is 0 Å². The number of anilines is 1. The van der Waals surface area contributed by atoms with Gasteiger partial charge in [0, 0.05) is 25.3 Å². The summed E-state index contributed by atoms with van der Waals surface area (Å²) in [6.07, 6.45) is 0.602. The molecule has 0 atom stereocenters. The summed E-state index contributed by atoms with van der Waals surface area (Å²) in [6, 6.07) is 2.31. The number of benzene rings is 1. The molecule has 0 radical (unpaired) electrons. The van der Waals surface area contributed by atoms with Crippen LogP contribution in [-0.2, 0) is 4.74 Å². The second-order valence-electron chi connectivity index (χ2n) is 3.66. The second kappa shape index (κ2) is 8.23. The molecule has 0 aliphatic heterocycles. The number of nitrogens with one attached hydrogen (secondary N) is 1. The molecule has 0 aliphatic carbocycles. The zero-order valence-electron chi connectivity index (χ0n) is 10.1. The van der Waals surface area contributed by atoms with Crippen molar-refractivity contribution < 1.29 is 19.2 Å². The fourth-order valence-electron chi connectivity index (χ4n) is 1.39. The molecule has 0 aliphatic rings. The lowest BCUT2D eigenvalue weighted by Crippen LogP contribution is -2.09. The number of aliphatic hydroxyl groups excluding tert-OH is 1. The Morgan fingerprint density at radius 2 is 2.21 bits per heavy atom. The molecule has 8 heteroatoms. The number of nitrogens with zero attached hydrogens (tertiary/aromatic N) is 1. The molecular weight excluding hydrogens is 370 g/mol. The van der Waals surface area contributed by atoms with Crippen LogP contribution in [0.3, 0.4) is 0 Å². The molecule has 0 unspecified atom stereocenters. The Balaban J connectivity index is 2.57. The molecule has 19 heavy (non-hydrogen) atoms. The van der Waals surface area contributed by atoms with E-state index in [1.165, 1.54) is 6.07 Å². The zero-order chi connectivity index (χ0) is 14.3. The first-order chi connectivity index (χ1) is 9.06. The van der Waals surface area contributed by atoms with Crippen molar-refractivity contribution in [3.8, 4) is 0 Å². The minimum atomic E-state index is -0.549. The Morgan fingerprint density at radius 3 is 2.84 bits per heavy atom. The van der Waals surface area contributed by atoms with Crippen LogP contribution in [0.15, 0.2) is 12.1 Å². The van der Waals surface area contributed by atoms with Crippen LogP contribution in [-0.4, -0.2) is 36.4 Å². The molecular formula is C11H14FIN2O4. The van der Waals surface area contributed by atoms with E-state index in [0.717, 1.165) is 6.07 Å². The summed E-state index contributed by atoms with van der Waals surface area (Å²) >= 11 is 1.71. The molecule has 0 heterocycles. The number of hydrogen-bond acceptors (Lipinski definition) is 5. The Labute approximate surface area is 123 Å². The van der Waals surface area contributed by atoms with Crippen LogP contribution < -0.4 is 5.32 Å². The van der Waals surface area contributed by atoms with Gasteiger partial charge in [0.15, 0.2) is 0 Å². The molecule has 0 fully saturated rings. The van der Waals surface area contributed by atoms with Crippen LogP contribution in [0.4, 0.5) is 15.8 Å². The Morgan fingerprint density at radius 1 is 1.47 bits per heavy atom. The largest absolute Gasteiger partial charge is 0.394 e. The average molecular weight is 384 g/mol. The first-order valence-corrected chi connectivity index (χ1v) is 6.70. The summed E-state index contributed by atoms with van der Waals surface area (Å²) < 4.78 is 18.6. The van der Waals surface area contributed by atoms with Crippen molar-refractivity contribution in [3.63, 3.8) is 0 Å². The number of nitro groups is 1. The maximum Gasteiger partial charge on any atom is 0.293 e. The number of rotatable bonds is 8. The van der Waals surface area contributed by atoms with E-state index in [1.54, 1.807) is 22.6 Å². The van der Waals surface area contributed by atoms with Gasteiger partial charge in [-0.25, -0.2) is 4.39 Å². The summed E-state index contributed by atoms with van der Waals surface area (Å²) in [5.74, 6) is -0.495. The third-order valence-corrected chi connectivity index (χ3v) is 3.08. The molecule has 0 bridgehead atoms. The molecule has 1 aromatic carbocycles. The molecule has 1 aromatic rings. The third kappa shape index (κ3) is 5.25. The Hall–Kier alpha value is -1.00. The van der Waals surface area contributed by atoms with E-state index in [-0.39, 0.29) is 28.2 Å². The Kier molecular flexibility index (Phi) is 6.95. The van der Waals surface area contributed by atoms with Crippen LogP contribution in [0, 0.1) is 19.5 Å². The predicted molar refractivity (Wildman–Crippen MR) is 76.8 cm³/mol. The van der Waals surface area contributed by atoms with Gasteiger partial charge in [0.1, 0.15) is 11.5 Å². The van der Waals surface area contributed by atoms with Gasteiger partial charge in [-0.05, 0) is 29.0 Å². The number of hydrogen-bond donors (Lipinski definition) is 2. The number of aliphatic hydroxyl groups is 1. The lowest BCUT2D eigenvalue weighted by Gasteiger charge is -2.08. The summed E-state index contributed by atoms with van der Waals surface area (Å²) in [5, 5.41) is 22.2. The monoisotopic (exact) mass is 384 g/mol. The number of nitro benzene ring substituents is 1. The quantitative estimate of drug-likeness (QED) is 0.311. The summed E-state index contributed by atoms with van der Waals surface area (Å²) in [5.41, 5.74) is 0.00662. The van der Waals surface area contributed by atoms with Crippen molar-refractivity contribution >= 4 is 34.0 Å². The molecule has 0 aromatic heterocycles. The first-order valence-electron chi connectivity index (χ1n) is 5.62. The van der Waals surface area contributed by atoms with E-state index < -0.39 is 10.7 Å². The van der Waals surface area contributed by atoms with Gasteiger partial charge in [0.2, 0.25) is 0 Å². The highest BCUT2D eigenvalue weighted by Crippen LogP contribution is 2.28. The molecule has 106 valence electrons. The first kappa shape index (κ1) is 16.1. The normalized spacial score (nSPS) is 10.5. The van der Waals surface area contributed by atoms with E-state index in [0.29, 0.717) is 19.6 Å². The maximum atomic E-state index is 13.4. The lowest BCUT2D eigenvalue weighted by molar-refractivity contribution is -0.384. The second-order valence-corrected chi connectivity index (χ2v) is 4.82. The van der Waals surface area contributed by atoms with E-state index in [2.05, 4.69) is 5.32 Å². The molecule has 1 rings (SSSR count). The van der Waals surface area contributed by atoms with Gasteiger partial charge in [0.05, 0.1) is 21.7 Å². The van der Waals surface area contributed by atoms with Gasteiger partial charge in [-0.1, -0.05) is 0 Å². The van der Waals surface area contributed by atoms with E-state index in [1.807, 2.05) is 0 Å². The van der Waals surface area contributed by atoms with Crippen LogP contribution in [0.1, 0.15) is 6.42 Å². The predicted octanol–water partition coefficient (Wildman–Crippen LogP) is 2.15. The van der Waals surface area contributed by atoms with Crippen LogP contribution in [0.5, 0.6) is 0 Å². The highest BCUT2D eigenvalue weighted by molar-refractivity contribution is 14.1. The SMILES string of the molecule is O=[N+]([O-])c1cc(I)c(F)cc1NCCCOCCO. The Bertz CT molecular complexity index is 445. The van der Waals surface area contributed by atoms with Gasteiger partial charge in [-0.3, -0.25) is 10.1 Å². The van der Waals surface area contributed by atoms with E-state index >= 15 is 0 Å². The third-order valence-electron chi connectivity index (χ3n) is 2.25. The van der Waals surface area contributed by atoms with Gasteiger partial charge in [-0.15, -0.1) is 0 Å². The standard InChI is InChI=1S/C11H14FIN2O4/c12-8-6-10(11(15(17)18)7-9(8)13)14-2-1-4-19-5-3-16/h6-7,14,16H,1-5H2. The average Bonchev–Trinajstić information content (AvgIpc) is 2.37. The molecule has 0 spiro atoms. The van der Waals surface area contributed by atoms with Crippen molar-refractivity contribution in [2.45, 2.75) is 6.42 Å². The molecule has 0 saturated heterocycles. The summed E-state index contributed by atoms with van der Waals surface area (Å²) in [7, 11) is 0. The smallest absolute Gasteiger partial charge is 0.293 e. The molecule has 0 saturated carbocycles. The van der Waals surface area contributed by atoms with Crippen molar-refractivity contribution in [3.05, 3.63) is 31.6 Å². The topological polar surface area (TPSA) is 84.6 Å². The van der Waals surface area contributed by atoms with Gasteiger partial charge >= 0.3 is 0 Å². The van der Waals surface area contributed by atoms with Crippen molar-refractivity contribution in [1.29, 1.82) is 0 Å². The van der Waals surface area contributed by atoms with Crippen LogP contribution in [0.2, 0.25) is 0 Å². The highest BCUT2D eigenvalue weighted by atomic mass is 127. The highest BCUT2D eigenvalue weighted by Gasteiger charge is 2.16. The number of halogens is 2. The molecule has 2 N–H and O–H groups in total. The number of ether oxygens (including phenoxy) is 1. The van der Waals surface area contributed by atoms with Crippen LogP contribution in [0.25, 0.3) is 0 Å². The summed E-state index contributed by atoms with van der Waals surface area (Å²) in [6.45, 7) is 1.07. The van der Waals surface area contributed by atoms with E-state index in [9.17, 15) is 14.5 Å². The molecule has 6 nitrogen and oxygen atoms in total. The van der Waals surface area contributed by atoms with Gasteiger partial charge in [-0.2, -0.15) is 0 Å². The van der Waals surface area contributed by atoms with Gasteiger partial charge < -0.3 is 15.2 Å². The van der Waals surface area contributed by atoms with E-state index in [4.69, 9.17) is 9.84 Å². The minimum Gasteiger partial charge on any atom is -0.394 e. The minimum absolute atomic E-state index is 0.0404. The fourth-order valence-corrected chi connectivity index (χ4v) is 1.84.